The van der Waals surface area contributed by atoms with Gasteiger partial charge in [-0.2, -0.15) is 0 Å². The topological polar surface area (TPSA) is 32.6 Å². The molecule has 3 heteroatoms. The molecule has 1 aromatic rings. The van der Waals surface area contributed by atoms with Gasteiger partial charge in [-0.15, -0.1) is 29.8 Å². The molecule has 0 fully saturated rings. The van der Waals surface area contributed by atoms with E-state index in [9.17, 15) is 0 Å². The third kappa shape index (κ3) is 5.43. The molecule has 0 aliphatic heterocycles. The van der Waals surface area contributed by atoms with E-state index >= 15 is 0 Å². The monoisotopic (exact) mass is 262 g/mol. The van der Waals surface area contributed by atoms with Crippen LogP contribution in [0.1, 0.15) is 12.5 Å². The zero-order valence-corrected chi connectivity index (χ0v) is 10.9. The van der Waals surface area contributed by atoms with Gasteiger partial charge in [0, 0.05) is 32.7 Å². The molecule has 0 spiro atoms. The molecule has 0 aliphatic carbocycles. The normalized spacial score (nSPS) is 11.4. The van der Waals surface area contributed by atoms with Crippen molar-refractivity contribution in [3.63, 3.8) is 0 Å². The Balaban J connectivity index is 0.00000169. The Kier molecular flexibility index (Phi) is 7.86. The number of hydrogen-bond acceptors (Lipinski definition) is 2. The maximum atomic E-state index is 8.51. The summed E-state index contributed by atoms with van der Waals surface area (Å²) < 4.78 is 0. The third-order valence-corrected chi connectivity index (χ3v) is 1.46. The Morgan fingerprint density at radius 1 is 1.36 bits per heavy atom. The second kappa shape index (κ2) is 8.04. The Labute approximate surface area is 110 Å². The molecule has 71 valence electrons. The maximum Gasteiger partial charge on any atom is 0 e. The van der Waals surface area contributed by atoms with E-state index in [1.165, 1.54) is 0 Å². The number of aliphatic hydroxyl groups is 1. The van der Waals surface area contributed by atoms with E-state index in [0.29, 0.717) is 5.70 Å². The molecule has 14 heavy (non-hydrogen) atoms. The van der Waals surface area contributed by atoms with Crippen molar-refractivity contribution in [2.24, 2.45) is 4.99 Å². The van der Waals surface area contributed by atoms with Gasteiger partial charge in [0.2, 0.25) is 0 Å². The van der Waals surface area contributed by atoms with Crippen LogP contribution in [0, 0.1) is 6.08 Å². The Morgan fingerprint density at radius 2 is 2.00 bits per heavy atom. The van der Waals surface area contributed by atoms with Crippen LogP contribution in [-0.4, -0.2) is 17.9 Å². The molecule has 0 saturated carbocycles. The van der Waals surface area contributed by atoms with Crippen molar-refractivity contribution in [3.8, 4) is 0 Å². The summed E-state index contributed by atoms with van der Waals surface area (Å²) in [5.74, 6) is 0. The zero-order valence-electron chi connectivity index (χ0n) is 8.07. The van der Waals surface area contributed by atoms with Crippen LogP contribution in [0.5, 0.6) is 0 Å². The molecule has 1 N–H and O–H groups in total. The fraction of sp³-hybridized carbons (Fsp3) is 0.182. The maximum absolute atomic E-state index is 8.51. The Morgan fingerprint density at radius 3 is 2.57 bits per heavy atom. The summed E-state index contributed by atoms with van der Waals surface area (Å²) in [6, 6.07) is 9.61. The molecule has 0 aromatic heterocycles. The van der Waals surface area contributed by atoms with Crippen molar-refractivity contribution < 1.29 is 37.8 Å². The summed E-state index contributed by atoms with van der Waals surface area (Å²) >= 11 is 0. The third-order valence-electron chi connectivity index (χ3n) is 1.46. The second-order valence-electron chi connectivity index (χ2n) is 2.51. The van der Waals surface area contributed by atoms with Crippen LogP contribution in [0.2, 0.25) is 0 Å². The van der Waals surface area contributed by atoms with Crippen LogP contribution in [0.3, 0.4) is 0 Å². The van der Waals surface area contributed by atoms with Gasteiger partial charge in [0.1, 0.15) is 0 Å². The molecule has 0 unspecified atom stereocenters. The average molecular weight is 262 g/mol. The quantitative estimate of drug-likeness (QED) is 0.652. The van der Waals surface area contributed by atoms with Gasteiger partial charge in [-0.1, -0.05) is 19.6 Å². The van der Waals surface area contributed by atoms with Crippen molar-refractivity contribution in [2.45, 2.75) is 6.92 Å². The number of benzene rings is 1. The zero-order chi connectivity index (χ0) is 9.52. The minimum Gasteiger partial charge on any atom is -0.501 e. The number of rotatable bonds is 3. The number of allylic oxidation sites excluding steroid dienone is 1. The second-order valence-corrected chi connectivity index (χ2v) is 2.51. The molecule has 0 amide bonds. The first-order chi connectivity index (χ1) is 6.33. The van der Waals surface area contributed by atoms with Crippen molar-refractivity contribution in [1.82, 2.24) is 0 Å². The van der Waals surface area contributed by atoms with Gasteiger partial charge < -0.3 is 16.2 Å². The van der Waals surface area contributed by atoms with Crippen molar-refractivity contribution in [1.29, 1.82) is 0 Å². The van der Waals surface area contributed by atoms with Crippen LogP contribution in [0.4, 0.5) is 0 Å². The SMILES string of the molecule is CC(=[C-]CO)N=[C-]c1ccccc1.[Y]. The standard InChI is InChI=1S/C11H11NO.Y/c1-10(7-8-13)12-9-11-5-3-2-4-6-11;/h2-6,13H,8H2,1H3;/q-2;. The molecule has 0 heterocycles. The van der Waals surface area contributed by atoms with Gasteiger partial charge in [0.15, 0.2) is 0 Å². The first-order valence-corrected chi connectivity index (χ1v) is 4.03. The summed E-state index contributed by atoms with van der Waals surface area (Å²) in [7, 11) is 0. The van der Waals surface area contributed by atoms with Gasteiger partial charge in [0.25, 0.3) is 0 Å². The minimum absolute atomic E-state index is 0. The van der Waals surface area contributed by atoms with Gasteiger partial charge in [0.05, 0.1) is 0 Å². The van der Waals surface area contributed by atoms with Crippen LogP contribution in [0.15, 0.2) is 41.0 Å². The molecular formula is C11H11NOY-2. The first kappa shape index (κ1) is 13.7. The van der Waals surface area contributed by atoms with Crippen molar-refractivity contribution in [2.75, 3.05) is 6.61 Å². The summed E-state index contributed by atoms with van der Waals surface area (Å²) in [6.07, 6.45) is 5.50. The average Bonchev–Trinajstić information content (AvgIpc) is 2.17. The van der Waals surface area contributed by atoms with E-state index < -0.39 is 0 Å². The van der Waals surface area contributed by atoms with Gasteiger partial charge in [-0.25, -0.2) is 5.70 Å². The van der Waals surface area contributed by atoms with Crippen LogP contribution in [-0.2, 0) is 32.7 Å². The van der Waals surface area contributed by atoms with E-state index in [-0.39, 0.29) is 39.3 Å². The van der Waals surface area contributed by atoms with Crippen LogP contribution >= 0.6 is 0 Å². The van der Waals surface area contributed by atoms with Crippen LogP contribution in [0.25, 0.3) is 0 Å². The number of aliphatic imine (C=N–C) groups is 1. The van der Waals surface area contributed by atoms with E-state index in [1.807, 2.05) is 30.3 Å². The van der Waals surface area contributed by atoms with Gasteiger partial charge in [-0.05, 0) is 6.21 Å². The molecule has 0 saturated heterocycles. The fourth-order valence-electron chi connectivity index (χ4n) is 0.815. The molecule has 1 aromatic carbocycles. The first-order valence-electron chi connectivity index (χ1n) is 4.03. The van der Waals surface area contributed by atoms with E-state index in [2.05, 4.69) is 17.3 Å². The number of nitrogens with zero attached hydrogens (tertiary/aromatic N) is 1. The summed E-state index contributed by atoms with van der Waals surface area (Å²) in [5, 5.41) is 8.51. The summed E-state index contributed by atoms with van der Waals surface area (Å²) in [6.45, 7) is 1.66. The molecule has 0 aliphatic rings. The fourth-order valence-corrected chi connectivity index (χ4v) is 0.815. The number of hydrogen-bond donors (Lipinski definition) is 1. The number of aliphatic hydroxyl groups excluding tert-OH is 1. The predicted octanol–water partition coefficient (Wildman–Crippen LogP) is 1.68. The van der Waals surface area contributed by atoms with Gasteiger partial charge in [-0.3, -0.25) is 0 Å². The largest absolute Gasteiger partial charge is 0.501 e. The van der Waals surface area contributed by atoms with Crippen molar-refractivity contribution in [3.05, 3.63) is 47.7 Å². The van der Waals surface area contributed by atoms with Crippen molar-refractivity contribution >= 4 is 6.21 Å². The Bertz CT molecular complexity index is 306. The predicted molar refractivity (Wildman–Crippen MR) is 52.5 cm³/mol. The molecule has 2 nitrogen and oxygen atoms in total. The Hall–Kier alpha value is -0.306. The van der Waals surface area contributed by atoms with Crippen LogP contribution < -0.4 is 0 Å². The molecular weight excluding hydrogens is 251 g/mol. The van der Waals surface area contributed by atoms with E-state index in [4.69, 9.17) is 5.11 Å². The summed E-state index contributed by atoms with van der Waals surface area (Å²) in [4.78, 5) is 3.98. The molecule has 1 rings (SSSR count). The van der Waals surface area contributed by atoms with E-state index in [0.717, 1.165) is 5.56 Å². The smallest absolute Gasteiger partial charge is 0 e. The molecule has 0 atom stereocenters. The minimum atomic E-state index is -0.105. The van der Waals surface area contributed by atoms with Gasteiger partial charge >= 0.3 is 0 Å². The molecule has 1 radical (unpaired) electrons. The summed E-state index contributed by atoms with van der Waals surface area (Å²) in [5.41, 5.74) is 1.56. The molecule has 0 bridgehead atoms. The van der Waals surface area contributed by atoms with E-state index in [1.54, 1.807) is 6.92 Å².